The molecule has 0 spiro atoms. The van der Waals surface area contributed by atoms with Gasteiger partial charge in [0.1, 0.15) is 5.76 Å². The van der Waals surface area contributed by atoms with Gasteiger partial charge in [-0.3, -0.25) is 10.1 Å². The van der Waals surface area contributed by atoms with Crippen LogP contribution in [0.25, 0.3) is 0 Å². The monoisotopic (exact) mass is 328 g/mol. The highest BCUT2D eigenvalue weighted by molar-refractivity contribution is 5.95. The molecule has 0 unspecified atom stereocenters. The van der Waals surface area contributed by atoms with Crippen LogP contribution in [-0.4, -0.2) is 30.2 Å². The van der Waals surface area contributed by atoms with Crippen molar-refractivity contribution < 1.29 is 14.1 Å². The molecule has 0 saturated carbocycles. The van der Waals surface area contributed by atoms with Gasteiger partial charge in [0, 0.05) is 31.3 Å². The topological polar surface area (TPSA) is 87.5 Å². The summed E-state index contributed by atoms with van der Waals surface area (Å²) in [7, 11) is 0. The van der Waals surface area contributed by atoms with Gasteiger partial charge in [-0.15, -0.1) is 0 Å². The fourth-order valence-electron chi connectivity index (χ4n) is 2.76. The number of nitrogens with zero attached hydrogens (tertiary/aromatic N) is 2. The largest absolute Gasteiger partial charge is 0.360 e. The highest BCUT2D eigenvalue weighted by Crippen LogP contribution is 2.27. The molecule has 0 saturated heterocycles. The first-order valence-corrected chi connectivity index (χ1v) is 8.00. The van der Waals surface area contributed by atoms with Crippen LogP contribution in [0.2, 0.25) is 0 Å². The Hall–Kier alpha value is -2.83. The highest BCUT2D eigenvalue weighted by Gasteiger charge is 2.23. The van der Waals surface area contributed by atoms with Gasteiger partial charge in [0.25, 0.3) is 0 Å². The first kappa shape index (κ1) is 16.0. The first-order chi connectivity index (χ1) is 11.6. The molecule has 7 heteroatoms. The predicted octanol–water partition coefficient (Wildman–Crippen LogP) is 2.47. The molecule has 2 aromatic rings. The summed E-state index contributed by atoms with van der Waals surface area (Å²) in [6, 6.07) is 9.25. The van der Waals surface area contributed by atoms with E-state index in [4.69, 9.17) is 4.52 Å². The van der Waals surface area contributed by atoms with Gasteiger partial charge >= 0.3 is 6.03 Å². The number of urea groups is 1. The van der Waals surface area contributed by atoms with E-state index in [0.29, 0.717) is 31.0 Å². The molecular weight excluding hydrogens is 308 g/mol. The summed E-state index contributed by atoms with van der Waals surface area (Å²) in [5.74, 6) is 1.09. The molecule has 1 aromatic carbocycles. The fraction of sp³-hybridized carbons (Fsp3) is 0.353. The summed E-state index contributed by atoms with van der Waals surface area (Å²) < 4.78 is 4.87. The maximum atomic E-state index is 12.3. The van der Waals surface area contributed by atoms with Crippen LogP contribution in [0.5, 0.6) is 0 Å². The average molecular weight is 328 g/mol. The van der Waals surface area contributed by atoms with Crippen molar-refractivity contribution in [3.8, 4) is 0 Å². The van der Waals surface area contributed by atoms with E-state index in [1.165, 1.54) is 5.56 Å². The molecule has 3 amide bonds. The molecule has 0 bridgehead atoms. The van der Waals surface area contributed by atoms with Crippen LogP contribution in [0, 0.1) is 6.92 Å². The van der Waals surface area contributed by atoms with Crippen molar-refractivity contribution in [3.63, 3.8) is 0 Å². The Bertz CT molecular complexity index is 741. The minimum atomic E-state index is -0.359. The Morgan fingerprint density at radius 2 is 2.17 bits per heavy atom. The van der Waals surface area contributed by atoms with Crippen molar-refractivity contribution in [2.75, 3.05) is 23.3 Å². The molecule has 24 heavy (non-hydrogen) atoms. The lowest BCUT2D eigenvalue weighted by atomic mass is 10.2. The predicted molar refractivity (Wildman–Crippen MR) is 90.0 cm³/mol. The number of fused-ring (bicyclic) bond motifs is 1. The summed E-state index contributed by atoms with van der Waals surface area (Å²) in [6.45, 7) is 2.90. The molecule has 1 aromatic heterocycles. The van der Waals surface area contributed by atoms with Crippen molar-refractivity contribution in [3.05, 3.63) is 41.7 Å². The summed E-state index contributed by atoms with van der Waals surface area (Å²) in [4.78, 5) is 25.8. The third-order valence-electron chi connectivity index (χ3n) is 3.91. The maximum Gasteiger partial charge on any atom is 0.320 e. The fourth-order valence-corrected chi connectivity index (χ4v) is 2.76. The maximum absolute atomic E-state index is 12.3. The van der Waals surface area contributed by atoms with E-state index in [9.17, 15) is 9.59 Å². The molecule has 7 nitrogen and oxygen atoms in total. The minimum Gasteiger partial charge on any atom is -0.360 e. The summed E-state index contributed by atoms with van der Waals surface area (Å²) >= 11 is 0. The van der Waals surface area contributed by atoms with Crippen LogP contribution in [0.1, 0.15) is 24.2 Å². The van der Waals surface area contributed by atoms with Gasteiger partial charge in [-0.2, -0.15) is 0 Å². The number of aryl methyl sites for hydroxylation is 1. The van der Waals surface area contributed by atoms with Gasteiger partial charge in [-0.1, -0.05) is 23.4 Å². The van der Waals surface area contributed by atoms with E-state index in [1.807, 2.05) is 23.1 Å². The standard InChI is InChI=1S/C17H20N4O3/c1-12-11-15(20-24-12)19-17(23)18-9-4-7-16(22)21-10-8-13-5-2-3-6-14(13)21/h2-3,5-6,11H,4,7-10H2,1H3,(H2,18,19,20,23). The normalized spacial score (nSPS) is 12.8. The number of nitrogens with one attached hydrogen (secondary N) is 2. The highest BCUT2D eigenvalue weighted by atomic mass is 16.5. The second kappa shape index (κ2) is 7.16. The van der Waals surface area contributed by atoms with Gasteiger partial charge in [0.05, 0.1) is 0 Å². The molecule has 0 fully saturated rings. The summed E-state index contributed by atoms with van der Waals surface area (Å²) in [5.41, 5.74) is 2.22. The second-order valence-electron chi connectivity index (χ2n) is 5.73. The van der Waals surface area contributed by atoms with E-state index in [0.717, 1.165) is 18.7 Å². The van der Waals surface area contributed by atoms with E-state index < -0.39 is 0 Å². The number of carbonyl (C=O) groups excluding carboxylic acids is 2. The molecule has 126 valence electrons. The molecule has 1 aliphatic heterocycles. The lowest BCUT2D eigenvalue weighted by Crippen LogP contribution is -2.32. The summed E-state index contributed by atoms with van der Waals surface area (Å²) in [6.07, 6.45) is 1.89. The number of hydrogen-bond donors (Lipinski definition) is 2. The zero-order chi connectivity index (χ0) is 16.9. The number of amides is 3. The Balaban J connectivity index is 1.39. The Morgan fingerprint density at radius 3 is 2.96 bits per heavy atom. The second-order valence-corrected chi connectivity index (χ2v) is 5.73. The number of para-hydroxylation sites is 1. The molecule has 2 N–H and O–H groups in total. The number of hydrogen-bond acceptors (Lipinski definition) is 4. The van der Waals surface area contributed by atoms with Crippen molar-refractivity contribution in [2.45, 2.75) is 26.2 Å². The third-order valence-corrected chi connectivity index (χ3v) is 3.91. The van der Waals surface area contributed by atoms with Crippen LogP contribution in [-0.2, 0) is 11.2 Å². The van der Waals surface area contributed by atoms with Gasteiger partial charge in [0.2, 0.25) is 5.91 Å². The molecule has 0 atom stereocenters. The van der Waals surface area contributed by atoms with E-state index in [2.05, 4.69) is 21.9 Å². The molecule has 0 radical (unpaired) electrons. The Kier molecular flexibility index (Phi) is 4.79. The SMILES string of the molecule is Cc1cc(NC(=O)NCCCC(=O)N2CCc3ccccc32)no1. The average Bonchev–Trinajstić information content (AvgIpc) is 3.17. The van der Waals surface area contributed by atoms with Crippen molar-refractivity contribution in [1.82, 2.24) is 10.5 Å². The number of aromatic nitrogens is 1. The van der Waals surface area contributed by atoms with Crippen LogP contribution < -0.4 is 15.5 Å². The lowest BCUT2D eigenvalue weighted by molar-refractivity contribution is -0.118. The van der Waals surface area contributed by atoms with Crippen LogP contribution in [0.15, 0.2) is 34.9 Å². The van der Waals surface area contributed by atoms with Crippen molar-refractivity contribution >= 4 is 23.4 Å². The number of rotatable bonds is 5. The van der Waals surface area contributed by atoms with E-state index >= 15 is 0 Å². The number of carbonyl (C=O) groups is 2. The van der Waals surface area contributed by atoms with Gasteiger partial charge in [-0.25, -0.2) is 4.79 Å². The van der Waals surface area contributed by atoms with E-state index in [1.54, 1.807) is 13.0 Å². The van der Waals surface area contributed by atoms with Crippen LogP contribution >= 0.6 is 0 Å². The number of anilines is 2. The molecule has 3 rings (SSSR count). The van der Waals surface area contributed by atoms with Gasteiger partial charge < -0.3 is 14.7 Å². The summed E-state index contributed by atoms with van der Waals surface area (Å²) in [5, 5.41) is 8.95. The van der Waals surface area contributed by atoms with Crippen LogP contribution in [0.4, 0.5) is 16.3 Å². The zero-order valence-corrected chi connectivity index (χ0v) is 13.5. The zero-order valence-electron chi connectivity index (χ0n) is 13.5. The third kappa shape index (κ3) is 3.73. The number of benzene rings is 1. The van der Waals surface area contributed by atoms with E-state index in [-0.39, 0.29) is 11.9 Å². The van der Waals surface area contributed by atoms with Gasteiger partial charge in [-0.05, 0) is 31.4 Å². The minimum absolute atomic E-state index is 0.0919. The Morgan fingerprint density at radius 1 is 1.33 bits per heavy atom. The Labute approximate surface area is 140 Å². The molecular formula is C17H20N4O3. The molecule has 0 aliphatic carbocycles. The lowest BCUT2D eigenvalue weighted by Gasteiger charge is -2.17. The molecule has 2 heterocycles. The van der Waals surface area contributed by atoms with Gasteiger partial charge in [0.15, 0.2) is 5.82 Å². The smallest absolute Gasteiger partial charge is 0.320 e. The van der Waals surface area contributed by atoms with Crippen molar-refractivity contribution in [1.29, 1.82) is 0 Å². The van der Waals surface area contributed by atoms with Crippen LogP contribution in [0.3, 0.4) is 0 Å². The van der Waals surface area contributed by atoms with Crippen molar-refractivity contribution in [2.24, 2.45) is 0 Å². The first-order valence-electron chi connectivity index (χ1n) is 8.00. The molecule has 1 aliphatic rings. The quantitative estimate of drug-likeness (QED) is 0.825.